The van der Waals surface area contributed by atoms with E-state index in [4.69, 9.17) is 0 Å². The molecule has 1 saturated carbocycles. The molecule has 0 radical (unpaired) electrons. The zero-order chi connectivity index (χ0) is 17.2. The number of carbonyl (C=O) groups is 2. The van der Waals surface area contributed by atoms with Gasteiger partial charge in [0.05, 0.1) is 0 Å². The zero-order valence-corrected chi connectivity index (χ0v) is 14.7. The molecule has 1 aromatic carbocycles. The zero-order valence-electron chi connectivity index (χ0n) is 14.7. The Morgan fingerprint density at radius 3 is 2.46 bits per heavy atom. The largest absolute Gasteiger partial charge is 0.335 e. The Kier molecular flexibility index (Phi) is 4.78. The molecule has 5 nitrogen and oxygen atoms in total. The second-order valence-corrected chi connectivity index (χ2v) is 7.42. The lowest BCUT2D eigenvalue weighted by atomic mass is 10.0. The number of rotatable bonds is 3. The van der Waals surface area contributed by atoms with Gasteiger partial charge in [-0.1, -0.05) is 42.7 Å². The molecule has 0 bridgehead atoms. The SMILES string of the molecule is Cc1ccc(CN2CCN(C(=O)NC3(C)CCCC3)CC2=O)cc1. The molecule has 24 heavy (non-hydrogen) atoms. The summed E-state index contributed by atoms with van der Waals surface area (Å²) in [5.41, 5.74) is 2.25. The summed E-state index contributed by atoms with van der Waals surface area (Å²) < 4.78 is 0. The lowest BCUT2D eigenvalue weighted by Gasteiger charge is -2.36. The minimum Gasteiger partial charge on any atom is -0.335 e. The minimum absolute atomic E-state index is 0.0218. The van der Waals surface area contributed by atoms with E-state index in [0.717, 1.165) is 18.4 Å². The average Bonchev–Trinajstić information content (AvgIpc) is 2.97. The number of carbonyl (C=O) groups excluding carboxylic acids is 2. The van der Waals surface area contributed by atoms with E-state index in [-0.39, 0.29) is 24.0 Å². The van der Waals surface area contributed by atoms with Gasteiger partial charge >= 0.3 is 6.03 Å². The number of hydrogen-bond acceptors (Lipinski definition) is 2. The van der Waals surface area contributed by atoms with Gasteiger partial charge in [-0.3, -0.25) is 4.79 Å². The van der Waals surface area contributed by atoms with E-state index in [2.05, 4.69) is 43.4 Å². The van der Waals surface area contributed by atoms with Gasteiger partial charge in [0.25, 0.3) is 0 Å². The number of hydrogen-bond donors (Lipinski definition) is 1. The fourth-order valence-corrected chi connectivity index (χ4v) is 3.58. The summed E-state index contributed by atoms with van der Waals surface area (Å²) in [6.45, 7) is 6.14. The third kappa shape index (κ3) is 3.89. The second-order valence-electron chi connectivity index (χ2n) is 7.42. The van der Waals surface area contributed by atoms with Crippen molar-refractivity contribution in [3.05, 3.63) is 35.4 Å². The predicted octanol–water partition coefficient (Wildman–Crippen LogP) is 2.68. The van der Waals surface area contributed by atoms with Crippen molar-refractivity contribution in [2.24, 2.45) is 0 Å². The highest BCUT2D eigenvalue weighted by Crippen LogP contribution is 2.29. The van der Waals surface area contributed by atoms with Crippen molar-refractivity contribution in [2.75, 3.05) is 19.6 Å². The molecular weight excluding hydrogens is 302 g/mol. The van der Waals surface area contributed by atoms with Crippen LogP contribution in [-0.4, -0.2) is 46.9 Å². The normalized spacial score (nSPS) is 20.3. The van der Waals surface area contributed by atoms with Gasteiger partial charge in [0.1, 0.15) is 6.54 Å². The van der Waals surface area contributed by atoms with E-state index in [1.807, 2.05) is 4.90 Å². The third-order valence-corrected chi connectivity index (χ3v) is 5.22. The topological polar surface area (TPSA) is 52.6 Å². The molecule has 1 saturated heterocycles. The molecule has 1 aromatic rings. The Hall–Kier alpha value is -2.04. The number of nitrogens with one attached hydrogen (secondary N) is 1. The van der Waals surface area contributed by atoms with Crippen LogP contribution in [0, 0.1) is 6.92 Å². The first-order chi connectivity index (χ1) is 11.5. The number of nitrogens with zero attached hydrogens (tertiary/aromatic N) is 2. The summed E-state index contributed by atoms with van der Waals surface area (Å²) in [6, 6.07) is 8.14. The quantitative estimate of drug-likeness (QED) is 0.927. The Labute approximate surface area is 144 Å². The lowest BCUT2D eigenvalue weighted by molar-refractivity contribution is -0.135. The fraction of sp³-hybridized carbons (Fsp3) is 0.579. The van der Waals surface area contributed by atoms with Gasteiger partial charge in [-0.15, -0.1) is 0 Å². The van der Waals surface area contributed by atoms with Crippen LogP contribution in [0.15, 0.2) is 24.3 Å². The van der Waals surface area contributed by atoms with E-state index in [9.17, 15) is 9.59 Å². The summed E-state index contributed by atoms with van der Waals surface area (Å²) in [5, 5.41) is 3.13. The maximum atomic E-state index is 12.5. The first kappa shape index (κ1) is 16.8. The van der Waals surface area contributed by atoms with Crippen molar-refractivity contribution in [1.82, 2.24) is 15.1 Å². The van der Waals surface area contributed by atoms with Gasteiger partial charge in [0, 0.05) is 25.2 Å². The molecule has 1 N–H and O–H groups in total. The highest BCUT2D eigenvalue weighted by molar-refractivity contribution is 5.85. The molecule has 0 atom stereocenters. The lowest BCUT2D eigenvalue weighted by Crippen LogP contribution is -2.57. The Balaban J connectivity index is 1.53. The Morgan fingerprint density at radius 1 is 1.17 bits per heavy atom. The summed E-state index contributed by atoms with van der Waals surface area (Å²) in [6.07, 6.45) is 4.39. The van der Waals surface area contributed by atoms with Crippen molar-refractivity contribution in [1.29, 1.82) is 0 Å². The summed E-state index contributed by atoms with van der Waals surface area (Å²) >= 11 is 0. The molecule has 5 heteroatoms. The highest BCUT2D eigenvalue weighted by Gasteiger charge is 2.34. The van der Waals surface area contributed by atoms with Crippen molar-refractivity contribution in [3.63, 3.8) is 0 Å². The summed E-state index contributed by atoms with van der Waals surface area (Å²) in [4.78, 5) is 28.3. The van der Waals surface area contributed by atoms with Crippen LogP contribution in [0.5, 0.6) is 0 Å². The van der Waals surface area contributed by atoms with Crippen molar-refractivity contribution in [2.45, 2.75) is 51.6 Å². The minimum atomic E-state index is -0.0981. The molecule has 2 fully saturated rings. The molecule has 0 spiro atoms. The van der Waals surface area contributed by atoms with Crippen molar-refractivity contribution in [3.8, 4) is 0 Å². The molecule has 3 amide bonds. The molecule has 3 rings (SSSR count). The van der Waals surface area contributed by atoms with Crippen LogP contribution in [0.1, 0.15) is 43.7 Å². The monoisotopic (exact) mass is 329 g/mol. The highest BCUT2D eigenvalue weighted by atomic mass is 16.2. The number of amides is 3. The Morgan fingerprint density at radius 2 is 1.83 bits per heavy atom. The first-order valence-electron chi connectivity index (χ1n) is 8.86. The molecule has 0 aromatic heterocycles. The van der Waals surface area contributed by atoms with E-state index in [1.165, 1.54) is 18.4 Å². The van der Waals surface area contributed by atoms with Crippen LogP contribution < -0.4 is 5.32 Å². The van der Waals surface area contributed by atoms with Gasteiger partial charge < -0.3 is 15.1 Å². The van der Waals surface area contributed by atoms with Gasteiger partial charge in [-0.25, -0.2) is 4.79 Å². The number of piperazine rings is 1. The molecule has 130 valence electrons. The van der Waals surface area contributed by atoms with E-state index in [0.29, 0.717) is 19.6 Å². The van der Waals surface area contributed by atoms with E-state index < -0.39 is 0 Å². The van der Waals surface area contributed by atoms with Crippen LogP contribution in [-0.2, 0) is 11.3 Å². The van der Waals surface area contributed by atoms with Crippen LogP contribution in [0.3, 0.4) is 0 Å². The van der Waals surface area contributed by atoms with Gasteiger partial charge in [-0.2, -0.15) is 0 Å². The smallest absolute Gasteiger partial charge is 0.318 e. The third-order valence-electron chi connectivity index (χ3n) is 5.22. The van der Waals surface area contributed by atoms with Gasteiger partial charge in [0.15, 0.2) is 0 Å². The van der Waals surface area contributed by atoms with Crippen LogP contribution in [0.2, 0.25) is 0 Å². The summed E-state index contributed by atoms with van der Waals surface area (Å²) in [7, 11) is 0. The van der Waals surface area contributed by atoms with Crippen molar-refractivity contribution < 1.29 is 9.59 Å². The molecule has 1 aliphatic heterocycles. The van der Waals surface area contributed by atoms with Crippen LogP contribution in [0.4, 0.5) is 4.79 Å². The van der Waals surface area contributed by atoms with Crippen LogP contribution in [0.25, 0.3) is 0 Å². The predicted molar refractivity (Wildman–Crippen MR) is 93.6 cm³/mol. The summed E-state index contributed by atoms with van der Waals surface area (Å²) in [5.74, 6) is 0.0218. The standard InChI is InChI=1S/C19H27N3O2/c1-15-5-7-16(8-6-15)13-21-11-12-22(14-17(21)23)18(24)20-19(2)9-3-4-10-19/h5-8H,3-4,9-14H2,1-2H3,(H,20,24). The number of benzene rings is 1. The average molecular weight is 329 g/mol. The molecular formula is C19H27N3O2. The maximum Gasteiger partial charge on any atom is 0.318 e. The van der Waals surface area contributed by atoms with Gasteiger partial charge in [0.2, 0.25) is 5.91 Å². The van der Waals surface area contributed by atoms with E-state index >= 15 is 0 Å². The Bertz CT molecular complexity index is 606. The van der Waals surface area contributed by atoms with Crippen molar-refractivity contribution >= 4 is 11.9 Å². The molecule has 2 aliphatic rings. The van der Waals surface area contributed by atoms with E-state index in [1.54, 1.807) is 4.90 Å². The molecule has 0 unspecified atom stereocenters. The van der Waals surface area contributed by atoms with Crippen LogP contribution >= 0.6 is 0 Å². The first-order valence-corrected chi connectivity index (χ1v) is 8.86. The fourth-order valence-electron chi connectivity index (χ4n) is 3.58. The number of urea groups is 1. The molecule has 1 heterocycles. The van der Waals surface area contributed by atoms with Gasteiger partial charge in [-0.05, 0) is 32.3 Å². The second kappa shape index (κ2) is 6.83. The maximum absolute atomic E-state index is 12.5. The molecule has 1 aliphatic carbocycles. The number of aryl methyl sites for hydroxylation is 1.